The zero-order valence-electron chi connectivity index (χ0n) is 8.93. The number of pyridine rings is 1. The lowest BCUT2D eigenvalue weighted by Gasteiger charge is -2.12. The lowest BCUT2D eigenvalue weighted by Crippen LogP contribution is -2.41. The Labute approximate surface area is 93.2 Å². The van der Waals surface area contributed by atoms with Crippen molar-refractivity contribution in [2.75, 3.05) is 6.54 Å². The zero-order chi connectivity index (χ0) is 12.0. The van der Waals surface area contributed by atoms with E-state index in [1.54, 1.807) is 6.20 Å². The van der Waals surface area contributed by atoms with Crippen LogP contribution in [-0.2, 0) is 4.79 Å². The van der Waals surface area contributed by atoms with Gasteiger partial charge in [0.05, 0.1) is 12.2 Å². The SMILES string of the molecule is C[C@H](NCC(=O)NC(N)=O)c1ccccn1. The molecular formula is C10H14N4O2. The van der Waals surface area contributed by atoms with E-state index in [1.165, 1.54) is 0 Å². The monoisotopic (exact) mass is 222 g/mol. The quantitative estimate of drug-likeness (QED) is 0.664. The number of primary amides is 1. The van der Waals surface area contributed by atoms with Crippen LogP contribution in [0.1, 0.15) is 18.7 Å². The summed E-state index contributed by atoms with van der Waals surface area (Å²) in [4.78, 5) is 25.6. The number of carbonyl (C=O) groups excluding carboxylic acids is 2. The fraction of sp³-hybridized carbons (Fsp3) is 0.300. The Hall–Kier alpha value is -1.95. The number of urea groups is 1. The molecule has 86 valence electrons. The van der Waals surface area contributed by atoms with Gasteiger partial charge in [0, 0.05) is 12.2 Å². The molecule has 0 spiro atoms. The molecule has 0 bridgehead atoms. The molecule has 0 aliphatic heterocycles. The molecule has 4 N–H and O–H groups in total. The molecule has 3 amide bonds. The summed E-state index contributed by atoms with van der Waals surface area (Å²) in [5, 5.41) is 4.89. The average molecular weight is 222 g/mol. The third-order valence-electron chi connectivity index (χ3n) is 1.96. The van der Waals surface area contributed by atoms with Crippen LogP contribution in [0.4, 0.5) is 4.79 Å². The standard InChI is InChI=1S/C10H14N4O2/c1-7(8-4-2-3-5-12-8)13-6-9(15)14-10(11)16/h2-5,7,13H,6H2,1H3,(H3,11,14,15,16)/t7-/m0/s1. The van der Waals surface area contributed by atoms with E-state index >= 15 is 0 Å². The summed E-state index contributed by atoms with van der Waals surface area (Å²) in [6, 6.07) is 4.61. The number of nitrogens with zero attached hydrogens (tertiary/aromatic N) is 1. The maximum atomic E-state index is 11.1. The highest BCUT2D eigenvalue weighted by Crippen LogP contribution is 2.06. The van der Waals surface area contributed by atoms with E-state index in [0.29, 0.717) is 0 Å². The number of nitrogens with one attached hydrogen (secondary N) is 2. The molecule has 0 fully saturated rings. The second kappa shape index (κ2) is 5.82. The number of aromatic nitrogens is 1. The molecule has 0 aliphatic carbocycles. The highest BCUT2D eigenvalue weighted by Gasteiger charge is 2.08. The molecule has 0 radical (unpaired) electrons. The highest BCUT2D eigenvalue weighted by atomic mass is 16.2. The van der Waals surface area contributed by atoms with Crippen LogP contribution in [-0.4, -0.2) is 23.5 Å². The third kappa shape index (κ3) is 4.05. The summed E-state index contributed by atoms with van der Waals surface area (Å²) in [5.41, 5.74) is 5.63. The molecule has 6 heteroatoms. The molecule has 16 heavy (non-hydrogen) atoms. The summed E-state index contributed by atoms with van der Waals surface area (Å²) in [7, 11) is 0. The predicted octanol–water partition coefficient (Wildman–Crippen LogP) is -0.0729. The first-order valence-electron chi connectivity index (χ1n) is 4.83. The molecule has 0 aromatic carbocycles. The minimum Gasteiger partial charge on any atom is -0.351 e. The Kier molecular flexibility index (Phi) is 4.41. The number of rotatable bonds is 4. The molecule has 1 atom stereocenters. The fourth-order valence-electron chi connectivity index (χ4n) is 1.16. The number of nitrogens with two attached hydrogens (primary N) is 1. The van der Waals surface area contributed by atoms with E-state index in [4.69, 9.17) is 5.73 Å². The molecule has 1 heterocycles. The Morgan fingerprint density at radius 2 is 2.25 bits per heavy atom. The van der Waals surface area contributed by atoms with Crippen molar-refractivity contribution in [2.24, 2.45) is 5.73 Å². The van der Waals surface area contributed by atoms with Gasteiger partial charge >= 0.3 is 6.03 Å². The Bertz CT molecular complexity index is 366. The highest BCUT2D eigenvalue weighted by molar-refractivity contribution is 5.94. The van der Waals surface area contributed by atoms with Crippen molar-refractivity contribution in [1.29, 1.82) is 0 Å². The van der Waals surface area contributed by atoms with E-state index < -0.39 is 11.9 Å². The number of hydrogen-bond donors (Lipinski definition) is 3. The number of hydrogen-bond acceptors (Lipinski definition) is 4. The van der Waals surface area contributed by atoms with Crippen molar-refractivity contribution < 1.29 is 9.59 Å². The van der Waals surface area contributed by atoms with Crippen LogP contribution in [0, 0.1) is 0 Å². The van der Waals surface area contributed by atoms with Gasteiger partial charge in [0.1, 0.15) is 0 Å². The van der Waals surface area contributed by atoms with Gasteiger partial charge < -0.3 is 11.1 Å². The average Bonchev–Trinajstić information content (AvgIpc) is 2.26. The zero-order valence-corrected chi connectivity index (χ0v) is 8.93. The van der Waals surface area contributed by atoms with Gasteiger partial charge in [-0.3, -0.25) is 15.1 Å². The van der Waals surface area contributed by atoms with Crippen molar-refractivity contribution in [1.82, 2.24) is 15.6 Å². The van der Waals surface area contributed by atoms with Gasteiger partial charge in [-0.15, -0.1) is 0 Å². The van der Waals surface area contributed by atoms with Crippen LogP contribution in [0.15, 0.2) is 24.4 Å². The smallest absolute Gasteiger partial charge is 0.318 e. The molecule has 1 aromatic heterocycles. The summed E-state index contributed by atoms with van der Waals surface area (Å²) in [6.45, 7) is 1.89. The van der Waals surface area contributed by atoms with Gasteiger partial charge in [0.25, 0.3) is 0 Å². The fourth-order valence-corrected chi connectivity index (χ4v) is 1.16. The molecular weight excluding hydrogens is 208 g/mol. The summed E-state index contributed by atoms with van der Waals surface area (Å²) in [6.07, 6.45) is 1.68. The van der Waals surface area contributed by atoms with Crippen molar-refractivity contribution in [3.8, 4) is 0 Å². The first kappa shape index (κ1) is 12.1. The third-order valence-corrected chi connectivity index (χ3v) is 1.96. The van der Waals surface area contributed by atoms with Crippen LogP contribution < -0.4 is 16.4 Å². The molecule has 0 aliphatic rings. The van der Waals surface area contributed by atoms with E-state index in [0.717, 1.165) is 5.69 Å². The summed E-state index contributed by atoms with van der Waals surface area (Å²) < 4.78 is 0. The molecule has 1 aromatic rings. The molecule has 0 unspecified atom stereocenters. The van der Waals surface area contributed by atoms with Crippen LogP contribution in [0.5, 0.6) is 0 Å². The van der Waals surface area contributed by atoms with E-state index in [-0.39, 0.29) is 12.6 Å². The second-order valence-corrected chi connectivity index (χ2v) is 3.27. The molecule has 6 nitrogen and oxygen atoms in total. The Morgan fingerprint density at radius 1 is 1.50 bits per heavy atom. The van der Waals surface area contributed by atoms with Gasteiger partial charge in [-0.05, 0) is 19.1 Å². The van der Waals surface area contributed by atoms with Crippen LogP contribution in [0.3, 0.4) is 0 Å². The number of amides is 3. The lowest BCUT2D eigenvalue weighted by atomic mass is 10.2. The molecule has 0 saturated heterocycles. The maximum absolute atomic E-state index is 11.1. The van der Waals surface area contributed by atoms with E-state index in [2.05, 4.69) is 10.3 Å². The van der Waals surface area contributed by atoms with Gasteiger partial charge in [0.2, 0.25) is 5.91 Å². The number of imide groups is 1. The lowest BCUT2D eigenvalue weighted by molar-refractivity contribution is -0.119. The van der Waals surface area contributed by atoms with Crippen LogP contribution in [0.25, 0.3) is 0 Å². The van der Waals surface area contributed by atoms with Crippen molar-refractivity contribution in [3.63, 3.8) is 0 Å². The minimum absolute atomic E-state index is 0.0146. The number of carbonyl (C=O) groups is 2. The van der Waals surface area contributed by atoms with Crippen molar-refractivity contribution >= 4 is 11.9 Å². The first-order chi connectivity index (χ1) is 7.59. The van der Waals surface area contributed by atoms with Crippen LogP contribution in [0.2, 0.25) is 0 Å². The van der Waals surface area contributed by atoms with Crippen molar-refractivity contribution in [3.05, 3.63) is 30.1 Å². The second-order valence-electron chi connectivity index (χ2n) is 3.27. The van der Waals surface area contributed by atoms with Crippen LogP contribution >= 0.6 is 0 Å². The topological polar surface area (TPSA) is 97.1 Å². The summed E-state index contributed by atoms with van der Waals surface area (Å²) >= 11 is 0. The largest absolute Gasteiger partial charge is 0.351 e. The Morgan fingerprint density at radius 3 is 2.81 bits per heavy atom. The van der Waals surface area contributed by atoms with E-state index in [9.17, 15) is 9.59 Å². The van der Waals surface area contributed by atoms with Crippen molar-refractivity contribution in [2.45, 2.75) is 13.0 Å². The normalized spacial score (nSPS) is 11.8. The Balaban J connectivity index is 2.39. The molecule has 1 rings (SSSR count). The molecule has 0 saturated carbocycles. The van der Waals surface area contributed by atoms with Gasteiger partial charge in [-0.25, -0.2) is 4.79 Å². The minimum atomic E-state index is -0.850. The van der Waals surface area contributed by atoms with Gasteiger partial charge in [-0.1, -0.05) is 6.07 Å². The van der Waals surface area contributed by atoms with Gasteiger partial charge in [-0.2, -0.15) is 0 Å². The predicted molar refractivity (Wildman–Crippen MR) is 58.4 cm³/mol. The maximum Gasteiger partial charge on any atom is 0.318 e. The van der Waals surface area contributed by atoms with Gasteiger partial charge in [0.15, 0.2) is 0 Å². The first-order valence-corrected chi connectivity index (χ1v) is 4.83. The summed E-state index contributed by atoms with van der Waals surface area (Å²) in [5.74, 6) is -0.463. The van der Waals surface area contributed by atoms with E-state index in [1.807, 2.05) is 30.4 Å².